The molecule has 2 N–H and O–H groups in total. The molecule has 0 amide bonds. The summed E-state index contributed by atoms with van der Waals surface area (Å²) in [5.74, 6) is 0.605. The molecule has 0 aromatic heterocycles. The highest BCUT2D eigenvalue weighted by Gasteiger charge is 2.31. The van der Waals surface area contributed by atoms with Gasteiger partial charge in [-0.05, 0) is 51.3 Å². The number of benzene rings is 1. The average molecular weight is 232 g/mol. The molecule has 1 aliphatic heterocycles. The summed E-state index contributed by atoms with van der Waals surface area (Å²) in [6.07, 6.45) is 1.08. The van der Waals surface area contributed by atoms with Gasteiger partial charge in [0.25, 0.3) is 0 Å². The maximum Gasteiger partial charge on any atom is 0.0407 e. The molecule has 1 aliphatic rings. The molecule has 0 spiro atoms. The van der Waals surface area contributed by atoms with Crippen molar-refractivity contribution in [3.8, 4) is 0 Å². The summed E-state index contributed by atoms with van der Waals surface area (Å²) in [5, 5.41) is 0. The fourth-order valence-corrected chi connectivity index (χ4v) is 3.00. The van der Waals surface area contributed by atoms with Crippen LogP contribution in [-0.4, -0.2) is 18.6 Å². The largest absolute Gasteiger partial charge is 0.368 e. The van der Waals surface area contributed by atoms with Crippen molar-refractivity contribution in [1.29, 1.82) is 0 Å². The van der Waals surface area contributed by atoms with E-state index in [9.17, 15) is 0 Å². The monoisotopic (exact) mass is 232 g/mol. The van der Waals surface area contributed by atoms with Gasteiger partial charge in [0, 0.05) is 30.2 Å². The first kappa shape index (κ1) is 12.4. The third-order valence-electron chi connectivity index (χ3n) is 3.72. The van der Waals surface area contributed by atoms with Gasteiger partial charge in [-0.15, -0.1) is 0 Å². The molecule has 2 nitrogen and oxygen atoms in total. The van der Waals surface area contributed by atoms with Gasteiger partial charge in [0.15, 0.2) is 0 Å². The van der Waals surface area contributed by atoms with E-state index in [1.54, 1.807) is 0 Å². The van der Waals surface area contributed by atoms with E-state index in [4.69, 9.17) is 5.73 Å². The molecule has 17 heavy (non-hydrogen) atoms. The first-order valence-electron chi connectivity index (χ1n) is 6.62. The Balaban J connectivity index is 2.38. The van der Waals surface area contributed by atoms with Crippen LogP contribution in [0, 0.1) is 6.92 Å². The zero-order valence-electron chi connectivity index (χ0n) is 11.4. The van der Waals surface area contributed by atoms with Crippen molar-refractivity contribution < 1.29 is 0 Å². The molecule has 1 aromatic carbocycles. The number of anilines is 1. The molecule has 0 aliphatic carbocycles. The normalized spacial score (nSPS) is 20.8. The molecule has 2 rings (SSSR count). The number of fused-ring (bicyclic) bond motifs is 1. The number of rotatable bonds is 3. The van der Waals surface area contributed by atoms with E-state index in [2.05, 4.69) is 50.8 Å². The molecule has 0 radical (unpaired) electrons. The third-order valence-corrected chi connectivity index (χ3v) is 3.72. The lowest BCUT2D eigenvalue weighted by atomic mass is 9.91. The lowest BCUT2D eigenvalue weighted by Crippen LogP contribution is -2.30. The van der Waals surface area contributed by atoms with Crippen LogP contribution in [0.3, 0.4) is 0 Å². The van der Waals surface area contributed by atoms with Crippen molar-refractivity contribution in [3.63, 3.8) is 0 Å². The molecular weight excluding hydrogens is 208 g/mol. The number of aryl methyl sites for hydroxylation is 1. The second-order valence-corrected chi connectivity index (χ2v) is 5.66. The minimum absolute atomic E-state index is 0.277. The Kier molecular flexibility index (Phi) is 3.43. The minimum Gasteiger partial charge on any atom is -0.368 e. The average Bonchev–Trinajstić information content (AvgIpc) is 2.57. The van der Waals surface area contributed by atoms with Gasteiger partial charge in [-0.25, -0.2) is 0 Å². The lowest BCUT2D eigenvalue weighted by Gasteiger charge is -2.24. The zero-order chi connectivity index (χ0) is 12.6. The second-order valence-electron chi connectivity index (χ2n) is 5.66. The molecular formula is C15H24N2. The number of nitrogens with two attached hydrogens (primary N) is 1. The molecule has 0 saturated heterocycles. The summed E-state index contributed by atoms with van der Waals surface area (Å²) in [6.45, 7) is 9.98. The standard InChI is InChI=1S/C15H24N2/c1-10(2)17-9-13(8-12(4)16)15-11(3)6-5-7-14(15)17/h5-7,10,12-13H,8-9,16H2,1-4H3. The van der Waals surface area contributed by atoms with Crippen LogP contribution in [0.25, 0.3) is 0 Å². The van der Waals surface area contributed by atoms with Crippen LogP contribution in [0.15, 0.2) is 18.2 Å². The number of nitrogens with zero attached hydrogens (tertiary/aromatic N) is 1. The van der Waals surface area contributed by atoms with Crippen LogP contribution in [0.1, 0.15) is 44.2 Å². The maximum atomic E-state index is 5.98. The van der Waals surface area contributed by atoms with Gasteiger partial charge in [0.05, 0.1) is 0 Å². The van der Waals surface area contributed by atoms with Crippen LogP contribution in [0.5, 0.6) is 0 Å². The Morgan fingerprint density at radius 2 is 2.06 bits per heavy atom. The van der Waals surface area contributed by atoms with E-state index in [1.807, 2.05) is 0 Å². The van der Waals surface area contributed by atoms with E-state index in [0.29, 0.717) is 12.0 Å². The summed E-state index contributed by atoms with van der Waals surface area (Å²) in [7, 11) is 0. The van der Waals surface area contributed by atoms with Crippen molar-refractivity contribution in [3.05, 3.63) is 29.3 Å². The summed E-state index contributed by atoms with van der Waals surface area (Å²) < 4.78 is 0. The molecule has 0 saturated carbocycles. The van der Waals surface area contributed by atoms with Crippen molar-refractivity contribution >= 4 is 5.69 Å². The Morgan fingerprint density at radius 1 is 1.35 bits per heavy atom. The van der Waals surface area contributed by atoms with Gasteiger partial charge < -0.3 is 10.6 Å². The quantitative estimate of drug-likeness (QED) is 0.868. The van der Waals surface area contributed by atoms with Gasteiger partial charge in [-0.2, -0.15) is 0 Å². The van der Waals surface area contributed by atoms with Gasteiger partial charge in [0.1, 0.15) is 0 Å². The minimum atomic E-state index is 0.277. The Bertz CT molecular complexity index is 396. The highest BCUT2D eigenvalue weighted by atomic mass is 15.2. The highest BCUT2D eigenvalue weighted by molar-refractivity contribution is 5.63. The lowest BCUT2D eigenvalue weighted by molar-refractivity contribution is 0.551. The van der Waals surface area contributed by atoms with Crippen molar-refractivity contribution in [1.82, 2.24) is 0 Å². The summed E-state index contributed by atoms with van der Waals surface area (Å²) in [5.41, 5.74) is 10.3. The Labute approximate surface area is 105 Å². The maximum absolute atomic E-state index is 5.98. The zero-order valence-corrected chi connectivity index (χ0v) is 11.4. The fraction of sp³-hybridized carbons (Fsp3) is 0.600. The molecule has 2 atom stereocenters. The van der Waals surface area contributed by atoms with Crippen molar-refractivity contribution in [2.75, 3.05) is 11.4 Å². The van der Waals surface area contributed by atoms with E-state index in [0.717, 1.165) is 13.0 Å². The highest BCUT2D eigenvalue weighted by Crippen LogP contribution is 2.41. The smallest absolute Gasteiger partial charge is 0.0407 e. The first-order valence-corrected chi connectivity index (χ1v) is 6.62. The van der Waals surface area contributed by atoms with E-state index in [-0.39, 0.29) is 6.04 Å². The molecule has 0 bridgehead atoms. The van der Waals surface area contributed by atoms with Gasteiger partial charge in [-0.3, -0.25) is 0 Å². The molecule has 0 fully saturated rings. The molecule has 2 unspecified atom stereocenters. The van der Waals surface area contributed by atoms with Crippen LogP contribution in [-0.2, 0) is 0 Å². The van der Waals surface area contributed by atoms with E-state index < -0.39 is 0 Å². The van der Waals surface area contributed by atoms with Gasteiger partial charge in [0.2, 0.25) is 0 Å². The Morgan fingerprint density at radius 3 is 2.65 bits per heavy atom. The molecule has 1 heterocycles. The SMILES string of the molecule is Cc1cccc2c1C(CC(C)N)CN2C(C)C. The number of hydrogen-bond acceptors (Lipinski definition) is 2. The van der Waals surface area contributed by atoms with Crippen LogP contribution < -0.4 is 10.6 Å². The van der Waals surface area contributed by atoms with Crippen LogP contribution in [0.4, 0.5) is 5.69 Å². The van der Waals surface area contributed by atoms with E-state index >= 15 is 0 Å². The molecule has 2 heteroatoms. The summed E-state index contributed by atoms with van der Waals surface area (Å²) in [6, 6.07) is 7.48. The van der Waals surface area contributed by atoms with Crippen molar-refractivity contribution in [2.45, 2.75) is 52.1 Å². The van der Waals surface area contributed by atoms with E-state index in [1.165, 1.54) is 16.8 Å². The number of hydrogen-bond donors (Lipinski definition) is 1. The molecule has 94 valence electrons. The third kappa shape index (κ3) is 2.32. The van der Waals surface area contributed by atoms with Crippen LogP contribution in [0.2, 0.25) is 0 Å². The molecule has 1 aromatic rings. The summed E-state index contributed by atoms with van der Waals surface area (Å²) in [4.78, 5) is 2.51. The first-order chi connectivity index (χ1) is 8.00. The van der Waals surface area contributed by atoms with Crippen LogP contribution >= 0.6 is 0 Å². The second kappa shape index (κ2) is 4.69. The topological polar surface area (TPSA) is 29.3 Å². The van der Waals surface area contributed by atoms with Gasteiger partial charge in [-0.1, -0.05) is 12.1 Å². The summed E-state index contributed by atoms with van der Waals surface area (Å²) >= 11 is 0. The Hall–Kier alpha value is -1.02. The predicted molar refractivity (Wildman–Crippen MR) is 74.7 cm³/mol. The fourth-order valence-electron chi connectivity index (χ4n) is 3.00. The van der Waals surface area contributed by atoms with Crippen molar-refractivity contribution in [2.24, 2.45) is 5.73 Å². The predicted octanol–water partition coefficient (Wildman–Crippen LogP) is 3.04. The van der Waals surface area contributed by atoms with Gasteiger partial charge >= 0.3 is 0 Å².